The summed E-state index contributed by atoms with van der Waals surface area (Å²) in [7, 11) is 0. The molecule has 1 amide bonds. The first-order chi connectivity index (χ1) is 10.5. The van der Waals surface area contributed by atoms with Gasteiger partial charge >= 0.3 is 0 Å². The topological polar surface area (TPSA) is 68.0 Å². The lowest BCUT2D eigenvalue weighted by atomic mass is 10.0. The predicted octanol–water partition coefficient (Wildman–Crippen LogP) is 3.56. The van der Waals surface area contributed by atoms with Crippen LogP contribution < -0.4 is 11.1 Å². The number of rotatable bonds is 5. The highest BCUT2D eigenvalue weighted by molar-refractivity contribution is 6.06. The molecule has 2 aromatic rings. The molecular weight excluding hydrogens is 352 g/mol. The molecule has 1 aliphatic carbocycles. The van der Waals surface area contributed by atoms with Crippen LogP contribution in [0.5, 0.6) is 0 Å². The van der Waals surface area contributed by atoms with Crippen LogP contribution in [0.1, 0.15) is 48.2 Å². The maximum Gasteiger partial charge on any atom is 0.252 e. The van der Waals surface area contributed by atoms with Crippen LogP contribution in [0.25, 0.3) is 10.9 Å². The molecule has 0 bridgehead atoms. The highest BCUT2D eigenvalue weighted by atomic mass is 35.5. The number of nitrogens with zero attached hydrogens (tertiary/aromatic N) is 1. The Balaban J connectivity index is 0.00000144. The number of amides is 1. The van der Waals surface area contributed by atoms with Crippen molar-refractivity contribution in [1.82, 2.24) is 10.3 Å². The summed E-state index contributed by atoms with van der Waals surface area (Å²) in [6, 6.07) is 6.23. The number of aromatic nitrogens is 1. The summed E-state index contributed by atoms with van der Waals surface area (Å²) in [6.45, 7) is 2.41. The minimum Gasteiger partial charge on any atom is -0.352 e. The van der Waals surface area contributed by atoms with Gasteiger partial charge in [0.25, 0.3) is 5.91 Å². The summed E-state index contributed by atoms with van der Waals surface area (Å²) in [6.07, 6.45) is 2.91. The van der Waals surface area contributed by atoms with E-state index in [0.717, 1.165) is 18.5 Å². The van der Waals surface area contributed by atoms with Crippen molar-refractivity contribution in [1.29, 1.82) is 0 Å². The fraction of sp³-hybridized carbons (Fsp3) is 0.412. The maximum absolute atomic E-state index is 13.5. The molecule has 3 N–H and O–H groups in total. The van der Waals surface area contributed by atoms with Gasteiger partial charge in [-0.3, -0.25) is 9.78 Å². The Morgan fingerprint density at radius 1 is 1.38 bits per heavy atom. The van der Waals surface area contributed by atoms with Crippen molar-refractivity contribution in [3.05, 3.63) is 41.3 Å². The van der Waals surface area contributed by atoms with E-state index in [-0.39, 0.29) is 42.6 Å². The Hall–Kier alpha value is -1.43. The number of fused-ring (bicyclic) bond motifs is 1. The zero-order valence-electron chi connectivity index (χ0n) is 13.4. The fourth-order valence-corrected chi connectivity index (χ4v) is 2.50. The van der Waals surface area contributed by atoms with Gasteiger partial charge in [0.05, 0.1) is 11.1 Å². The molecule has 1 atom stereocenters. The number of pyridine rings is 1. The first-order valence-corrected chi connectivity index (χ1v) is 7.68. The van der Waals surface area contributed by atoms with Crippen LogP contribution in [-0.2, 0) is 0 Å². The third kappa shape index (κ3) is 4.79. The first-order valence-electron chi connectivity index (χ1n) is 7.68. The van der Waals surface area contributed by atoms with Crippen molar-refractivity contribution in [2.45, 2.75) is 38.1 Å². The Morgan fingerprint density at radius 3 is 2.71 bits per heavy atom. The number of hydrogen-bond acceptors (Lipinski definition) is 3. The second-order valence-corrected chi connectivity index (χ2v) is 6.05. The number of carbonyl (C=O) groups is 1. The van der Waals surface area contributed by atoms with E-state index >= 15 is 0 Å². The quantitative estimate of drug-likeness (QED) is 0.841. The minimum atomic E-state index is -0.363. The van der Waals surface area contributed by atoms with E-state index in [4.69, 9.17) is 5.73 Å². The van der Waals surface area contributed by atoms with Crippen molar-refractivity contribution >= 4 is 41.6 Å². The molecule has 7 heteroatoms. The summed E-state index contributed by atoms with van der Waals surface area (Å²) < 4.78 is 13.5. The molecule has 24 heavy (non-hydrogen) atoms. The van der Waals surface area contributed by atoms with Crippen molar-refractivity contribution in [3.63, 3.8) is 0 Å². The van der Waals surface area contributed by atoms with E-state index in [1.807, 2.05) is 6.92 Å². The lowest BCUT2D eigenvalue weighted by Gasteiger charge is -2.11. The normalized spacial score (nSPS) is 14.5. The Bertz CT molecular complexity index is 720. The monoisotopic (exact) mass is 373 g/mol. The maximum atomic E-state index is 13.5. The molecule has 0 aliphatic heterocycles. The molecule has 1 heterocycles. The molecule has 1 saturated carbocycles. The smallest absolute Gasteiger partial charge is 0.252 e. The third-order valence-corrected chi connectivity index (χ3v) is 3.92. The zero-order valence-corrected chi connectivity index (χ0v) is 15.1. The Kier molecular flexibility index (Phi) is 7.39. The molecule has 0 radical (unpaired) electrons. The highest BCUT2D eigenvalue weighted by Gasteiger charge is 2.27. The van der Waals surface area contributed by atoms with Gasteiger partial charge < -0.3 is 11.1 Å². The summed E-state index contributed by atoms with van der Waals surface area (Å²) in [5.41, 5.74) is 7.78. The van der Waals surface area contributed by atoms with Crippen LogP contribution in [0, 0.1) is 5.82 Å². The first kappa shape index (κ1) is 20.6. The van der Waals surface area contributed by atoms with Crippen LogP contribution in [0.4, 0.5) is 4.39 Å². The Labute approximate surface area is 153 Å². The molecule has 0 saturated heterocycles. The number of nitrogens with two attached hydrogens (primary N) is 1. The lowest BCUT2D eigenvalue weighted by molar-refractivity contribution is 0.0954. The van der Waals surface area contributed by atoms with E-state index in [9.17, 15) is 9.18 Å². The molecular formula is C17H22Cl2FN3O. The summed E-state index contributed by atoms with van der Waals surface area (Å²) in [5.74, 6) is -0.122. The van der Waals surface area contributed by atoms with Gasteiger partial charge in [-0.1, -0.05) is 0 Å². The lowest BCUT2D eigenvalue weighted by Crippen LogP contribution is -2.29. The van der Waals surface area contributed by atoms with E-state index in [1.165, 1.54) is 12.1 Å². The minimum absolute atomic E-state index is 0. The molecule has 132 valence electrons. The standard InChI is InChI=1S/C17H20FN3O.2ClH/c1-10(19)6-7-20-17(22)14-9-16(11-2-3-11)21-15-5-4-12(18)8-13(14)15;;/h4-5,8-11H,2-3,6-7,19H2,1H3,(H,20,22);2*1H. The zero-order chi connectivity index (χ0) is 15.7. The van der Waals surface area contributed by atoms with E-state index in [2.05, 4.69) is 10.3 Å². The molecule has 1 fully saturated rings. The third-order valence-electron chi connectivity index (χ3n) is 3.92. The van der Waals surface area contributed by atoms with Crippen molar-refractivity contribution < 1.29 is 9.18 Å². The van der Waals surface area contributed by atoms with Crippen molar-refractivity contribution in [2.24, 2.45) is 5.73 Å². The number of nitrogens with one attached hydrogen (secondary N) is 1. The van der Waals surface area contributed by atoms with Crippen molar-refractivity contribution in [3.8, 4) is 0 Å². The van der Waals surface area contributed by atoms with Gasteiger partial charge in [0.15, 0.2) is 0 Å². The van der Waals surface area contributed by atoms with Gasteiger partial charge in [0, 0.05) is 29.6 Å². The summed E-state index contributed by atoms with van der Waals surface area (Å²) in [4.78, 5) is 17.0. The van der Waals surface area contributed by atoms with Crippen LogP contribution in [-0.4, -0.2) is 23.5 Å². The van der Waals surface area contributed by atoms with Crippen LogP contribution in [0.2, 0.25) is 0 Å². The number of benzene rings is 1. The highest BCUT2D eigenvalue weighted by Crippen LogP contribution is 2.40. The van der Waals surface area contributed by atoms with Gasteiger partial charge in [-0.2, -0.15) is 0 Å². The second-order valence-electron chi connectivity index (χ2n) is 6.05. The number of halogens is 3. The van der Waals surface area contributed by atoms with E-state index in [1.54, 1.807) is 12.1 Å². The molecule has 4 nitrogen and oxygen atoms in total. The average Bonchev–Trinajstić information content (AvgIpc) is 3.30. The predicted molar refractivity (Wildman–Crippen MR) is 98.8 cm³/mol. The summed E-state index contributed by atoms with van der Waals surface area (Å²) in [5, 5.41) is 3.42. The molecule has 1 aromatic heterocycles. The van der Waals surface area contributed by atoms with Gasteiger partial charge in [0.2, 0.25) is 0 Å². The van der Waals surface area contributed by atoms with Crippen LogP contribution >= 0.6 is 24.8 Å². The average molecular weight is 374 g/mol. The molecule has 3 rings (SSSR count). The molecule has 1 aliphatic rings. The molecule has 1 aromatic carbocycles. The molecule has 0 spiro atoms. The van der Waals surface area contributed by atoms with Gasteiger partial charge in [-0.25, -0.2) is 4.39 Å². The number of carbonyl (C=O) groups excluding carboxylic acids is 1. The van der Waals surface area contributed by atoms with Crippen molar-refractivity contribution in [2.75, 3.05) is 6.54 Å². The van der Waals surface area contributed by atoms with Crippen LogP contribution in [0.3, 0.4) is 0 Å². The van der Waals surface area contributed by atoms with Crippen LogP contribution in [0.15, 0.2) is 24.3 Å². The van der Waals surface area contributed by atoms with Gasteiger partial charge in [-0.05, 0) is 50.5 Å². The number of hydrogen-bond donors (Lipinski definition) is 2. The Morgan fingerprint density at radius 2 is 2.08 bits per heavy atom. The van der Waals surface area contributed by atoms with E-state index < -0.39 is 0 Å². The van der Waals surface area contributed by atoms with Gasteiger partial charge in [-0.15, -0.1) is 24.8 Å². The second kappa shape index (κ2) is 8.60. The molecule has 1 unspecified atom stereocenters. The largest absolute Gasteiger partial charge is 0.352 e. The fourth-order valence-electron chi connectivity index (χ4n) is 2.50. The van der Waals surface area contributed by atoms with E-state index in [0.29, 0.717) is 35.3 Å². The summed E-state index contributed by atoms with van der Waals surface area (Å²) >= 11 is 0. The van der Waals surface area contributed by atoms with Gasteiger partial charge in [0.1, 0.15) is 5.82 Å². The SMILES string of the molecule is CC(N)CCNC(=O)c1cc(C2CC2)nc2ccc(F)cc12.Cl.Cl.